The fraction of sp³-hybridized carbons (Fsp3) is 0.477. The van der Waals surface area contributed by atoms with E-state index in [0.717, 1.165) is 68.8 Å². The Morgan fingerprint density at radius 1 is 0.967 bits per heavy atom. The third-order valence-electron chi connectivity index (χ3n) is 12.3. The number of piperidine rings is 1. The van der Waals surface area contributed by atoms with Crippen molar-refractivity contribution < 1.29 is 37.8 Å². The second-order valence-corrected chi connectivity index (χ2v) is 17.5. The number of aromatic nitrogens is 1. The summed E-state index contributed by atoms with van der Waals surface area (Å²) in [6.45, 7) is 12.9. The molecule has 1 unspecified atom stereocenters. The number of piperazine rings is 1. The van der Waals surface area contributed by atoms with Crippen LogP contribution in [0.2, 0.25) is 5.02 Å². The highest BCUT2D eigenvalue weighted by Gasteiger charge is 2.64. The number of pyridine rings is 1. The maximum absolute atomic E-state index is 14.9. The van der Waals surface area contributed by atoms with Gasteiger partial charge in [0.2, 0.25) is 11.8 Å². The zero-order valence-electron chi connectivity index (χ0n) is 34.2. The first-order chi connectivity index (χ1) is 28.6. The number of ether oxygens (including phenoxy) is 2. The first kappa shape index (κ1) is 42.5. The zero-order chi connectivity index (χ0) is 42.9. The fourth-order valence-corrected chi connectivity index (χ4v) is 9.49. The molecule has 1 aromatic heterocycles. The minimum Gasteiger partial charge on any atom is -0.490 e. The molecule has 1 saturated carbocycles. The van der Waals surface area contributed by atoms with Gasteiger partial charge >= 0.3 is 0 Å². The Morgan fingerprint density at radius 3 is 2.32 bits per heavy atom. The minimum atomic E-state index is -1.12. The Bertz CT molecular complexity index is 2220. The number of carbonyl (C=O) groups is 5. The number of rotatable bonds is 14. The Labute approximate surface area is 353 Å². The number of hydrogen-bond acceptors (Lipinski definition) is 11. The van der Waals surface area contributed by atoms with Gasteiger partial charge in [0.25, 0.3) is 17.7 Å². The van der Waals surface area contributed by atoms with Gasteiger partial charge in [-0.15, -0.1) is 0 Å². The molecule has 0 bridgehead atoms. The van der Waals surface area contributed by atoms with E-state index < -0.39 is 35.5 Å². The van der Waals surface area contributed by atoms with E-state index in [-0.39, 0.29) is 65.2 Å². The molecule has 60 heavy (non-hydrogen) atoms. The van der Waals surface area contributed by atoms with Crippen molar-refractivity contribution in [3.63, 3.8) is 0 Å². The molecule has 316 valence electrons. The fourth-order valence-electron chi connectivity index (χ4n) is 9.27. The van der Waals surface area contributed by atoms with Crippen molar-refractivity contribution in [2.75, 3.05) is 44.2 Å². The van der Waals surface area contributed by atoms with Gasteiger partial charge in [0.05, 0.1) is 33.9 Å². The summed E-state index contributed by atoms with van der Waals surface area (Å²) in [4.78, 5) is 73.3. The van der Waals surface area contributed by atoms with E-state index in [0.29, 0.717) is 28.3 Å². The van der Waals surface area contributed by atoms with Crippen molar-refractivity contribution in [2.45, 2.75) is 84.4 Å². The molecule has 2 aromatic carbocycles. The summed E-state index contributed by atoms with van der Waals surface area (Å²) in [6, 6.07) is 11.7. The molecule has 1 atom stereocenters. The molecule has 5 amide bonds. The van der Waals surface area contributed by atoms with Crippen LogP contribution in [0, 0.1) is 28.0 Å². The van der Waals surface area contributed by atoms with E-state index >= 15 is 0 Å². The molecule has 14 nitrogen and oxygen atoms in total. The van der Waals surface area contributed by atoms with Crippen molar-refractivity contribution in [2.24, 2.45) is 10.8 Å². The van der Waals surface area contributed by atoms with Gasteiger partial charge in [-0.05, 0) is 62.2 Å². The highest BCUT2D eigenvalue weighted by atomic mass is 35.5. The standard InChI is InChI=1S/C44H49ClFN7O7/c1-43(2)41(44(3,4)42(43)60-28-11-9-26(24-47)31(45)21-28)50-37(55)27-10-13-35(48-25-27)52-18-16-51(17-19-52)15-7-5-6-8-20-59-34-23-30-29(22-32(34)46)39(57)53(40(30)58)33-12-14-36(54)49-38(33)56/h9-11,13,21-23,25,33,41-42H,5-8,12,14-20H2,1-4H3,(H,50,55)(H,49,54,56). The molecule has 2 saturated heterocycles. The van der Waals surface area contributed by atoms with Crippen LogP contribution >= 0.6 is 11.6 Å². The lowest BCUT2D eigenvalue weighted by atomic mass is 9.49. The van der Waals surface area contributed by atoms with Crippen LogP contribution in [0.3, 0.4) is 0 Å². The van der Waals surface area contributed by atoms with E-state index in [2.05, 4.69) is 59.2 Å². The number of imide groups is 2. The van der Waals surface area contributed by atoms with Crippen molar-refractivity contribution >= 4 is 47.0 Å². The van der Waals surface area contributed by atoms with Crippen molar-refractivity contribution in [1.29, 1.82) is 5.26 Å². The average molecular weight is 842 g/mol. The number of carbonyl (C=O) groups excluding carboxylic acids is 5. The molecule has 7 rings (SSSR count). The average Bonchev–Trinajstić information content (AvgIpc) is 3.45. The van der Waals surface area contributed by atoms with Gasteiger partial charge in [0.15, 0.2) is 11.6 Å². The summed E-state index contributed by atoms with van der Waals surface area (Å²) in [5, 5.41) is 14.9. The van der Waals surface area contributed by atoms with Crippen molar-refractivity contribution in [1.82, 2.24) is 25.4 Å². The Morgan fingerprint density at radius 2 is 1.67 bits per heavy atom. The first-order valence-electron chi connectivity index (χ1n) is 20.4. The molecule has 4 aliphatic rings. The maximum atomic E-state index is 14.9. The monoisotopic (exact) mass is 841 g/mol. The smallest absolute Gasteiger partial charge is 0.262 e. The molecule has 4 heterocycles. The number of unbranched alkanes of at least 4 members (excludes halogenated alkanes) is 3. The Balaban J connectivity index is 0.799. The zero-order valence-corrected chi connectivity index (χ0v) is 34.9. The third-order valence-corrected chi connectivity index (χ3v) is 12.6. The SMILES string of the molecule is CC1(C)C(NC(=O)c2ccc(N3CCN(CCCCCCOc4cc5c(cc4F)C(=O)N(C4CCC(=O)NC4=O)C5=O)CC3)nc2)C(C)(C)C1Oc1ccc(C#N)c(Cl)c1. The summed E-state index contributed by atoms with van der Waals surface area (Å²) in [7, 11) is 0. The lowest BCUT2D eigenvalue weighted by Gasteiger charge is -2.63. The van der Waals surface area contributed by atoms with E-state index in [1.807, 2.05) is 12.1 Å². The van der Waals surface area contributed by atoms with E-state index in [4.69, 9.17) is 21.1 Å². The van der Waals surface area contributed by atoms with Gasteiger partial charge in [-0.25, -0.2) is 9.37 Å². The molecule has 3 fully saturated rings. The number of nitrogens with zero attached hydrogens (tertiary/aromatic N) is 5. The lowest BCUT2D eigenvalue weighted by molar-refractivity contribution is -0.164. The highest BCUT2D eigenvalue weighted by molar-refractivity contribution is 6.31. The van der Waals surface area contributed by atoms with Crippen LogP contribution in [-0.4, -0.2) is 102 Å². The Kier molecular flexibility index (Phi) is 12.2. The van der Waals surface area contributed by atoms with Gasteiger partial charge in [-0.2, -0.15) is 5.26 Å². The lowest BCUT2D eigenvalue weighted by Crippen LogP contribution is -2.74. The molecule has 2 N–H and O–H groups in total. The van der Waals surface area contributed by atoms with Crippen LogP contribution in [0.4, 0.5) is 10.2 Å². The largest absolute Gasteiger partial charge is 0.490 e. The van der Waals surface area contributed by atoms with E-state index in [9.17, 15) is 33.6 Å². The molecule has 0 radical (unpaired) electrons. The molecular weight excluding hydrogens is 793 g/mol. The molecule has 16 heteroatoms. The number of nitriles is 1. The van der Waals surface area contributed by atoms with Gasteiger partial charge in [0.1, 0.15) is 29.8 Å². The van der Waals surface area contributed by atoms with Gasteiger partial charge in [-0.3, -0.25) is 39.1 Å². The third kappa shape index (κ3) is 8.40. The van der Waals surface area contributed by atoms with Gasteiger partial charge in [-0.1, -0.05) is 52.1 Å². The van der Waals surface area contributed by atoms with Crippen LogP contribution in [0.25, 0.3) is 0 Å². The van der Waals surface area contributed by atoms with Crippen LogP contribution in [-0.2, 0) is 9.59 Å². The van der Waals surface area contributed by atoms with Crippen LogP contribution in [0.5, 0.6) is 11.5 Å². The maximum Gasteiger partial charge on any atom is 0.262 e. The predicted molar refractivity (Wildman–Crippen MR) is 219 cm³/mol. The summed E-state index contributed by atoms with van der Waals surface area (Å²) >= 11 is 6.23. The van der Waals surface area contributed by atoms with E-state index in [1.54, 1.807) is 24.4 Å². The van der Waals surface area contributed by atoms with Crippen molar-refractivity contribution in [3.05, 3.63) is 81.8 Å². The molecule has 3 aromatic rings. The number of anilines is 1. The summed E-state index contributed by atoms with van der Waals surface area (Å²) in [6.07, 6.45) is 4.95. The Hall–Kier alpha value is -5.59. The van der Waals surface area contributed by atoms with Crippen molar-refractivity contribution in [3.8, 4) is 17.6 Å². The summed E-state index contributed by atoms with van der Waals surface area (Å²) in [5.41, 5.74) is -0.0432. The number of benzene rings is 2. The molecular formula is C44H49ClFN7O7. The van der Waals surface area contributed by atoms with Gasteiger partial charge in [0, 0.05) is 61.7 Å². The minimum absolute atomic E-state index is 0.000149. The van der Waals surface area contributed by atoms with E-state index in [1.165, 1.54) is 6.07 Å². The quantitative estimate of drug-likeness (QED) is 0.155. The number of amides is 5. The second-order valence-electron chi connectivity index (χ2n) is 17.1. The summed E-state index contributed by atoms with van der Waals surface area (Å²) in [5.74, 6) is -2.34. The summed E-state index contributed by atoms with van der Waals surface area (Å²) < 4.78 is 26.9. The number of fused-ring (bicyclic) bond motifs is 1. The van der Waals surface area contributed by atoms with Crippen LogP contribution < -0.4 is 25.0 Å². The predicted octanol–water partition coefficient (Wildman–Crippen LogP) is 5.52. The number of nitrogens with one attached hydrogen (secondary N) is 2. The normalized spacial score (nSPS) is 22.1. The van der Waals surface area contributed by atoms with Crippen LogP contribution in [0.1, 0.15) is 103 Å². The van der Waals surface area contributed by atoms with Gasteiger partial charge < -0.3 is 19.7 Å². The highest BCUT2D eigenvalue weighted by Crippen LogP contribution is 2.55. The molecule has 0 spiro atoms. The molecule has 3 aliphatic heterocycles. The second kappa shape index (κ2) is 17.2. The number of hydrogen-bond donors (Lipinski definition) is 2. The number of halogens is 2. The van der Waals surface area contributed by atoms with Crippen LogP contribution in [0.15, 0.2) is 48.7 Å². The topological polar surface area (TPSA) is 174 Å². The molecule has 1 aliphatic carbocycles. The first-order valence-corrected chi connectivity index (χ1v) is 20.8.